The Hall–Kier alpha value is -4.34. The molecule has 2 heterocycles. The van der Waals surface area contributed by atoms with Gasteiger partial charge >= 0.3 is 5.69 Å². The van der Waals surface area contributed by atoms with Crippen molar-refractivity contribution in [2.45, 2.75) is 25.9 Å². The van der Waals surface area contributed by atoms with E-state index >= 15 is 0 Å². The van der Waals surface area contributed by atoms with Crippen LogP contribution in [0.1, 0.15) is 36.1 Å². The van der Waals surface area contributed by atoms with Gasteiger partial charge in [-0.1, -0.05) is 30.3 Å². The van der Waals surface area contributed by atoms with Gasteiger partial charge in [-0.3, -0.25) is 19.1 Å². The van der Waals surface area contributed by atoms with E-state index in [4.69, 9.17) is 9.47 Å². The molecule has 0 spiro atoms. The zero-order chi connectivity index (χ0) is 24.4. The minimum Gasteiger partial charge on any atom is -0.497 e. The Morgan fingerprint density at radius 3 is 2.53 bits per heavy atom. The maximum absolute atomic E-state index is 12.7. The van der Waals surface area contributed by atoms with Gasteiger partial charge in [-0.25, -0.2) is 9.80 Å². The van der Waals surface area contributed by atoms with Gasteiger partial charge in [0.05, 0.1) is 32.5 Å². The molecule has 1 amide bonds. The minimum atomic E-state index is -0.781. The van der Waals surface area contributed by atoms with Crippen molar-refractivity contribution in [3.05, 3.63) is 86.1 Å². The molecule has 0 fully saturated rings. The fraction of sp³-hybridized carbons (Fsp3) is 0.250. The van der Waals surface area contributed by atoms with Gasteiger partial charge in [0, 0.05) is 25.0 Å². The molecule has 0 radical (unpaired) electrons. The number of rotatable bonds is 6. The van der Waals surface area contributed by atoms with Crippen molar-refractivity contribution in [3.63, 3.8) is 0 Å². The lowest BCUT2D eigenvalue weighted by molar-refractivity contribution is -0.130. The Morgan fingerprint density at radius 1 is 1.15 bits per heavy atom. The summed E-state index contributed by atoms with van der Waals surface area (Å²) in [6.07, 6.45) is 0.127. The number of aromatic nitrogens is 2. The second-order valence-electron chi connectivity index (χ2n) is 7.77. The summed E-state index contributed by atoms with van der Waals surface area (Å²) >= 11 is 0. The summed E-state index contributed by atoms with van der Waals surface area (Å²) in [6.45, 7) is 1.41. The number of carbonyl (C=O) groups is 1. The largest absolute Gasteiger partial charge is 0.497 e. The van der Waals surface area contributed by atoms with Crippen LogP contribution >= 0.6 is 0 Å². The molecule has 0 bridgehead atoms. The number of methoxy groups -OCH3 is 2. The number of hydrogen-bond donors (Lipinski definition) is 2. The molecule has 0 saturated heterocycles. The molecule has 176 valence electrons. The summed E-state index contributed by atoms with van der Waals surface area (Å²) in [5.74, 6) is 0.198. The number of ether oxygens (including phenoxy) is 2. The highest BCUT2D eigenvalue weighted by Crippen LogP contribution is 2.39. The molecule has 1 atom stereocenters. The first kappa shape index (κ1) is 22.8. The first-order valence-electron chi connectivity index (χ1n) is 10.5. The first-order valence-corrected chi connectivity index (χ1v) is 10.5. The van der Waals surface area contributed by atoms with Gasteiger partial charge in [-0.15, -0.1) is 0 Å². The van der Waals surface area contributed by atoms with Gasteiger partial charge in [0.2, 0.25) is 11.8 Å². The Kier molecular flexibility index (Phi) is 6.22. The van der Waals surface area contributed by atoms with Crippen LogP contribution < -0.4 is 20.7 Å². The molecule has 1 aliphatic heterocycles. The van der Waals surface area contributed by atoms with Crippen molar-refractivity contribution in [1.29, 1.82) is 0 Å². The second kappa shape index (κ2) is 9.26. The van der Waals surface area contributed by atoms with Gasteiger partial charge in [0.1, 0.15) is 17.1 Å². The van der Waals surface area contributed by atoms with E-state index in [0.29, 0.717) is 17.1 Å². The highest BCUT2D eigenvalue weighted by atomic mass is 16.5. The van der Waals surface area contributed by atoms with Crippen LogP contribution in [0.5, 0.6) is 17.4 Å². The van der Waals surface area contributed by atoms with E-state index in [9.17, 15) is 19.5 Å². The van der Waals surface area contributed by atoms with Gasteiger partial charge in [-0.05, 0) is 17.7 Å². The van der Waals surface area contributed by atoms with Crippen molar-refractivity contribution < 1.29 is 19.4 Å². The van der Waals surface area contributed by atoms with Crippen molar-refractivity contribution in [3.8, 4) is 17.4 Å². The van der Waals surface area contributed by atoms with Crippen LogP contribution in [0, 0.1) is 0 Å². The highest BCUT2D eigenvalue weighted by molar-refractivity contribution is 6.04. The maximum Gasteiger partial charge on any atom is 0.331 e. The van der Waals surface area contributed by atoms with E-state index in [0.717, 1.165) is 10.1 Å². The number of H-pyrrole nitrogens is 1. The molecule has 0 saturated carbocycles. The number of benzene rings is 2. The molecule has 34 heavy (non-hydrogen) atoms. The van der Waals surface area contributed by atoms with Crippen LogP contribution in [0.4, 0.5) is 0 Å². The van der Waals surface area contributed by atoms with Gasteiger partial charge in [0.25, 0.3) is 5.56 Å². The van der Waals surface area contributed by atoms with E-state index in [-0.39, 0.29) is 30.1 Å². The van der Waals surface area contributed by atoms with Crippen LogP contribution in [0.25, 0.3) is 0 Å². The predicted octanol–water partition coefficient (Wildman–Crippen LogP) is 2.01. The molecule has 0 aliphatic carbocycles. The number of hydrogen-bond acceptors (Lipinski definition) is 7. The summed E-state index contributed by atoms with van der Waals surface area (Å²) in [5.41, 5.74) is -0.0828. The van der Waals surface area contributed by atoms with Crippen LogP contribution in [0.15, 0.2) is 63.2 Å². The summed E-state index contributed by atoms with van der Waals surface area (Å²) in [7, 11) is 3.04. The lowest BCUT2D eigenvalue weighted by atomic mass is 9.98. The Balaban J connectivity index is 1.78. The minimum absolute atomic E-state index is 0.0503. The molecule has 1 aliphatic rings. The molecule has 2 aromatic carbocycles. The fourth-order valence-corrected chi connectivity index (χ4v) is 4.02. The van der Waals surface area contributed by atoms with Crippen molar-refractivity contribution in [1.82, 2.24) is 14.6 Å². The summed E-state index contributed by atoms with van der Waals surface area (Å²) in [6, 6.07) is 13.7. The smallest absolute Gasteiger partial charge is 0.331 e. The highest BCUT2D eigenvalue weighted by Gasteiger charge is 2.36. The average molecular weight is 464 g/mol. The quantitative estimate of drug-likeness (QED) is 0.575. The number of carbonyl (C=O) groups excluding carboxylic acids is 1. The molecule has 1 unspecified atom stereocenters. The fourth-order valence-electron chi connectivity index (χ4n) is 4.02. The molecular weight excluding hydrogens is 440 g/mol. The monoisotopic (exact) mass is 464 g/mol. The van der Waals surface area contributed by atoms with E-state index in [1.807, 2.05) is 18.2 Å². The Morgan fingerprint density at radius 2 is 1.88 bits per heavy atom. The van der Waals surface area contributed by atoms with Crippen molar-refractivity contribution >= 4 is 11.6 Å². The SMILES string of the molecule is COc1ccc(C2CC(c3c(O)n(Cc4ccccc4)c(=O)[nH]c3=O)=NN2C(C)=O)c(OC)c1. The third-order valence-corrected chi connectivity index (χ3v) is 5.68. The van der Waals surface area contributed by atoms with Crippen molar-refractivity contribution in [2.75, 3.05) is 14.2 Å². The number of nitrogens with one attached hydrogen (secondary N) is 1. The molecule has 10 heteroatoms. The topological polar surface area (TPSA) is 126 Å². The number of hydrazone groups is 1. The Bertz CT molecular complexity index is 1380. The van der Waals surface area contributed by atoms with E-state index in [2.05, 4.69) is 10.1 Å². The molecule has 10 nitrogen and oxygen atoms in total. The number of aromatic amines is 1. The summed E-state index contributed by atoms with van der Waals surface area (Å²) in [4.78, 5) is 39.8. The molecule has 2 N–H and O–H groups in total. The van der Waals surface area contributed by atoms with E-state index < -0.39 is 23.2 Å². The predicted molar refractivity (Wildman–Crippen MR) is 124 cm³/mol. The van der Waals surface area contributed by atoms with E-state index in [1.54, 1.807) is 30.3 Å². The zero-order valence-electron chi connectivity index (χ0n) is 18.9. The second-order valence-corrected chi connectivity index (χ2v) is 7.77. The lowest BCUT2D eigenvalue weighted by Gasteiger charge is -2.22. The van der Waals surface area contributed by atoms with Crippen LogP contribution in [-0.2, 0) is 11.3 Å². The number of amides is 1. The first-order chi connectivity index (χ1) is 16.3. The van der Waals surface area contributed by atoms with Crippen molar-refractivity contribution in [2.24, 2.45) is 5.10 Å². The molecular formula is C24H24N4O6. The zero-order valence-corrected chi connectivity index (χ0v) is 18.9. The lowest BCUT2D eigenvalue weighted by Crippen LogP contribution is -2.34. The van der Waals surface area contributed by atoms with Gasteiger partial charge in [0.15, 0.2) is 0 Å². The maximum atomic E-state index is 12.7. The summed E-state index contributed by atoms with van der Waals surface area (Å²) in [5, 5.41) is 16.5. The normalized spacial score (nSPS) is 15.2. The molecule has 3 aromatic rings. The van der Waals surface area contributed by atoms with Crippen LogP contribution in [-0.4, -0.2) is 45.5 Å². The third kappa shape index (κ3) is 4.17. The summed E-state index contributed by atoms with van der Waals surface area (Å²) < 4.78 is 11.8. The third-order valence-electron chi connectivity index (χ3n) is 5.68. The van der Waals surface area contributed by atoms with Gasteiger partial charge in [-0.2, -0.15) is 5.10 Å². The Labute approximate surface area is 194 Å². The van der Waals surface area contributed by atoms with Gasteiger partial charge < -0.3 is 14.6 Å². The van der Waals surface area contributed by atoms with Crippen LogP contribution in [0.3, 0.4) is 0 Å². The molecule has 1 aromatic heterocycles. The number of nitrogens with zero attached hydrogens (tertiary/aromatic N) is 3. The molecule has 4 rings (SSSR count). The van der Waals surface area contributed by atoms with Crippen LogP contribution in [0.2, 0.25) is 0 Å². The number of aromatic hydroxyl groups is 1. The standard InChI is InChI=1S/C24H24N4O6/c1-14(29)28-19(17-10-9-16(33-2)11-20(17)34-3)12-18(26-28)21-22(30)25-24(32)27(23(21)31)13-15-7-5-4-6-8-15/h4-11,19,31H,12-13H2,1-3H3,(H,25,30,32). The van der Waals surface area contributed by atoms with E-state index in [1.165, 1.54) is 26.2 Å². The average Bonchev–Trinajstić information content (AvgIpc) is 3.27.